The molecule has 0 aromatic heterocycles. The number of ether oxygens (including phenoxy) is 2. The Morgan fingerprint density at radius 3 is 2.43 bits per heavy atom. The monoisotopic (exact) mass is 512 g/mol. The Labute approximate surface area is 179 Å². The van der Waals surface area contributed by atoms with E-state index in [0.717, 1.165) is 5.56 Å². The maximum absolute atomic E-state index is 11.9. The van der Waals surface area contributed by atoms with Crippen molar-refractivity contribution in [2.45, 2.75) is 6.61 Å². The van der Waals surface area contributed by atoms with E-state index < -0.39 is 17.8 Å². The Morgan fingerprint density at radius 2 is 1.79 bits per heavy atom. The van der Waals surface area contributed by atoms with Crippen molar-refractivity contribution >= 4 is 58.1 Å². The van der Waals surface area contributed by atoms with Gasteiger partial charge in [0.15, 0.2) is 11.5 Å². The maximum Gasteiger partial charge on any atom is 0.328 e. The molecule has 0 bridgehead atoms. The highest BCUT2D eigenvalue weighted by atomic mass is 127. The van der Waals surface area contributed by atoms with Gasteiger partial charge in [-0.05, 0) is 52.4 Å². The van der Waals surface area contributed by atoms with Gasteiger partial charge < -0.3 is 9.47 Å². The number of nitrogens with one attached hydrogen (secondary N) is 2. The third-order valence-corrected chi connectivity index (χ3v) is 5.01. The zero-order valence-electron chi connectivity index (χ0n) is 14.5. The summed E-state index contributed by atoms with van der Waals surface area (Å²) in [5, 5.41) is 4.66. The minimum absolute atomic E-state index is 0.179. The second kappa shape index (κ2) is 8.61. The Morgan fingerprint density at radius 1 is 1.11 bits per heavy atom. The van der Waals surface area contributed by atoms with Crippen LogP contribution in [0, 0.1) is 3.57 Å². The van der Waals surface area contributed by atoms with Gasteiger partial charge in [-0.15, -0.1) is 0 Å². The smallest absolute Gasteiger partial charge is 0.328 e. The molecule has 2 N–H and O–H groups in total. The molecule has 0 atom stereocenters. The van der Waals surface area contributed by atoms with Crippen molar-refractivity contribution in [3.05, 3.63) is 61.7 Å². The Hall–Kier alpha value is -2.59. The molecule has 1 saturated heterocycles. The fourth-order valence-corrected chi connectivity index (χ4v) is 3.47. The molecule has 1 aliphatic heterocycles. The molecule has 2 aromatic rings. The summed E-state index contributed by atoms with van der Waals surface area (Å²) >= 11 is 8.23. The molecular weight excluding hydrogens is 499 g/mol. The molecular formula is C19H14ClIN2O5. The van der Waals surface area contributed by atoms with Crippen molar-refractivity contribution in [1.29, 1.82) is 0 Å². The van der Waals surface area contributed by atoms with Crippen molar-refractivity contribution in [2.75, 3.05) is 7.11 Å². The molecule has 0 saturated carbocycles. The molecule has 0 spiro atoms. The van der Waals surface area contributed by atoms with Gasteiger partial charge in [-0.3, -0.25) is 20.2 Å². The molecule has 2 aromatic carbocycles. The first-order chi connectivity index (χ1) is 13.4. The van der Waals surface area contributed by atoms with Crippen LogP contribution in [-0.4, -0.2) is 25.0 Å². The van der Waals surface area contributed by atoms with E-state index in [1.807, 2.05) is 28.8 Å². The van der Waals surface area contributed by atoms with Crippen LogP contribution in [0.2, 0.25) is 5.02 Å². The molecule has 3 rings (SSSR count). The lowest BCUT2D eigenvalue weighted by Crippen LogP contribution is -2.51. The largest absolute Gasteiger partial charge is 0.493 e. The van der Waals surface area contributed by atoms with Crippen molar-refractivity contribution in [2.24, 2.45) is 0 Å². The highest BCUT2D eigenvalue weighted by Crippen LogP contribution is 2.35. The number of benzene rings is 2. The zero-order valence-corrected chi connectivity index (χ0v) is 17.5. The summed E-state index contributed by atoms with van der Waals surface area (Å²) < 4.78 is 12.0. The molecule has 28 heavy (non-hydrogen) atoms. The Bertz CT molecular complexity index is 984. The zero-order chi connectivity index (χ0) is 20.3. The summed E-state index contributed by atoms with van der Waals surface area (Å²) in [7, 11) is 1.49. The van der Waals surface area contributed by atoms with Gasteiger partial charge in [0.2, 0.25) is 0 Å². The van der Waals surface area contributed by atoms with E-state index in [4.69, 9.17) is 21.1 Å². The van der Waals surface area contributed by atoms with Crippen molar-refractivity contribution in [1.82, 2.24) is 10.6 Å². The van der Waals surface area contributed by atoms with E-state index in [-0.39, 0.29) is 12.2 Å². The molecule has 0 unspecified atom stereocenters. The fourth-order valence-electron chi connectivity index (χ4n) is 2.50. The number of amides is 4. The minimum atomic E-state index is -0.845. The van der Waals surface area contributed by atoms with Crippen LogP contribution in [0.5, 0.6) is 11.5 Å². The molecule has 1 heterocycles. The summed E-state index contributed by atoms with van der Waals surface area (Å²) in [5.74, 6) is -0.583. The van der Waals surface area contributed by atoms with Gasteiger partial charge in [0.1, 0.15) is 12.2 Å². The Balaban J connectivity index is 1.88. The van der Waals surface area contributed by atoms with Crippen LogP contribution in [-0.2, 0) is 16.2 Å². The topological polar surface area (TPSA) is 93.7 Å². The highest BCUT2D eigenvalue weighted by Gasteiger charge is 2.27. The highest BCUT2D eigenvalue weighted by molar-refractivity contribution is 14.1. The summed E-state index contributed by atoms with van der Waals surface area (Å²) in [4.78, 5) is 34.9. The van der Waals surface area contributed by atoms with Crippen molar-refractivity contribution in [3.63, 3.8) is 0 Å². The Kier molecular flexibility index (Phi) is 6.20. The number of hydrogen-bond donors (Lipinski definition) is 2. The molecule has 4 amide bonds. The number of urea groups is 1. The van der Waals surface area contributed by atoms with Crippen LogP contribution in [0.15, 0.2) is 42.0 Å². The average Bonchev–Trinajstić information content (AvgIpc) is 2.64. The molecule has 9 heteroatoms. The van der Waals surface area contributed by atoms with E-state index in [9.17, 15) is 14.4 Å². The quantitative estimate of drug-likeness (QED) is 0.364. The molecule has 1 fully saturated rings. The SMILES string of the molecule is COc1cc(C=C2C(=O)NC(=O)NC2=O)cc(I)c1OCc1ccccc1Cl. The lowest BCUT2D eigenvalue weighted by atomic mass is 10.1. The average molecular weight is 513 g/mol. The van der Waals surface area contributed by atoms with Gasteiger partial charge in [0.25, 0.3) is 11.8 Å². The fraction of sp³-hybridized carbons (Fsp3) is 0.105. The van der Waals surface area contributed by atoms with Gasteiger partial charge in [0.05, 0.1) is 10.7 Å². The van der Waals surface area contributed by atoms with Gasteiger partial charge in [-0.1, -0.05) is 29.8 Å². The van der Waals surface area contributed by atoms with Gasteiger partial charge in [0, 0.05) is 10.6 Å². The van der Waals surface area contributed by atoms with Gasteiger partial charge in [-0.2, -0.15) is 0 Å². The normalized spacial score (nSPS) is 13.7. The number of carbonyl (C=O) groups excluding carboxylic acids is 3. The minimum Gasteiger partial charge on any atom is -0.493 e. The standard InChI is InChI=1S/C19H14ClIN2O5/c1-27-15-8-10(6-12-17(24)22-19(26)23-18(12)25)7-14(21)16(15)28-9-11-4-2-3-5-13(11)20/h2-8H,9H2,1H3,(H2,22,23,24,25,26). The van der Waals surface area contributed by atoms with Gasteiger partial charge in [-0.25, -0.2) is 4.79 Å². The van der Waals surface area contributed by atoms with E-state index in [0.29, 0.717) is 25.7 Å². The first-order valence-corrected chi connectivity index (χ1v) is 9.47. The van der Waals surface area contributed by atoms with Crippen molar-refractivity contribution < 1.29 is 23.9 Å². The van der Waals surface area contributed by atoms with E-state index in [1.54, 1.807) is 18.2 Å². The third-order valence-electron chi connectivity index (χ3n) is 3.84. The number of rotatable bonds is 5. The van der Waals surface area contributed by atoms with Crippen LogP contribution in [0.4, 0.5) is 4.79 Å². The molecule has 144 valence electrons. The van der Waals surface area contributed by atoms with E-state index in [1.165, 1.54) is 13.2 Å². The summed E-state index contributed by atoms with van der Waals surface area (Å²) in [6.07, 6.45) is 1.37. The van der Waals surface area contributed by atoms with Crippen LogP contribution >= 0.6 is 34.2 Å². The van der Waals surface area contributed by atoms with Crippen molar-refractivity contribution in [3.8, 4) is 11.5 Å². The second-order valence-corrected chi connectivity index (χ2v) is 7.28. The summed E-state index contributed by atoms with van der Waals surface area (Å²) in [6, 6.07) is 9.87. The van der Waals surface area contributed by atoms with Gasteiger partial charge >= 0.3 is 6.03 Å². The third kappa shape index (κ3) is 4.45. The summed E-state index contributed by atoms with van der Waals surface area (Å²) in [5.41, 5.74) is 1.19. The van der Waals surface area contributed by atoms with E-state index in [2.05, 4.69) is 22.6 Å². The number of methoxy groups -OCH3 is 1. The molecule has 7 nitrogen and oxygen atoms in total. The lowest BCUT2D eigenvalue weighted by molar-refractivity contribution is -0.123. The molecule has 0 aliphatic carbocycles. The molecule has 1 aliphatic rings. The van der Waals surface area contributed by atoms with Crippen LogP contribution in [0.25, 0.3) is 6.08 Å². The number of hydrogen-bond acceptors (Lipinski definition) is 5. The number of carbonyl (C=O) groups is 3. The first-order valence-electron chi connectivity index (χ1n) is 8.01. The first kappa shape index (κ1) is 20.2. The number of halogens is 2. The summed E-state index contributed by atoms with van der Waals surface area (Å²) in [6.45, 7) is 0.249. The van der Waals surface area contributed by atoms with Crippen LogP contribution in [0.3, 0.4) is 0 Å². The lowest BCUT2D eigenvalue weighted by Gasteiger charge is -2.16. The second-order valence-electron chi connectivity index (χ2n) is 5.71. The molecule has 0 radical (unpaired) electrons. The number of barbiturate groups is 1. The predicted molar refractivity (Wildman–Crippen MR) is 111 cm³/mol. The maximum atomic E-state index is 11.9. The van der Waals surface area contributed by atoms with E-state index >= 15 is 0 Å². The number of imide groups is 2. The van der Waals surface area contributed by atoms with Crippen LogP contribution in [0.1, 0.15) is 11.1 Å². The van der Waals surface area contributed by atoms with Crippen LogP contribution < -0.4 is 20.1 Å². The predicted octanol–water partition coefficient (Wildman–Crippen LogP) is 3.28.